The van der Waals surface area contributed by atoms with Crippen LogP contribution in [0.15, 0.2) is 18.2 Å². The molecule has 0 radical (unpaired) electrons. The zero-order valence-electron chi connectivity index (χ0n) is 18.7. The van der Waals surface area contributed by atoms with Crippen LogP contribution in [0.2, 0.25) is 0 Å². The Morgan fingerprint density at radius 3 is 1.38 bits per heavy atom. The standard InChI is InChI=1S/C29H39/c1-18-3-4-19(2)26(5-18)27(28-12-20-6-21(13-28)8-22(7-20)14-28)29-15-23-9-24(16-29)11-25(10-23)17-29/h3-5,20-25H,6-17H2,1-2H3/q+1. The number of benzene rings is 1. The van der Waals surface area contributed by atoms with E-state index in [1.165, 1.54) is 5.56 Å². The molecule has 1 aromatic rings. The predicted octanol–water partition coefficient (Wildman–Crippen LogP) is 7.66. The van der Waals surface area contributed by atoms with Crippen LogP contribution in [-0.2, 0) is 0 Å². The highest BCUT2D eigenvalue weighted by Crippen LogP contribution is 2.73. The summed E-state index contributed by atoms with van der Waals surface area (Å²) >= 11 is 0. The quantitative estimate of drug-likeness (QED) is 0.467. The fourth-order valence-electron chi connectivity index (χ4n) is 11.0. The van der Waals surface area contributed by atoms with Gasteiger partial charge in [0.15, 0.2) is 0 Å². The maximum Gasteiger partial charge on any atom is 0.136 e. The smallest absolute Gasteiger partial charge is 0.0474 e. The van der Waals surface area contributed by atoms with E-state index in [1.807, 2.05) is 5.92 Å². The van der Waals surface area contributed by atoms with Gasteiger partial charge < -0.3 is 0 Å². The van der Waals surface area contributed by atoms with Gasteiger partial charge in [-0.1, -0.05) is 0 Å². The molecule has 8 aliphatic carbocycles. The molecule has 0 N–H and O–H groups in total. The molecule has 0 amide bonds. The van der Waals surface area contributed by atoms with Crippen LogP contribution in [0.4, 0.5) is 0 Å². The number of aryl methyl sites for hydroxylation is 2. The van der Waals surface area contributed by atoms with Crippen LogP contribution in [0.25, 0.3) is 0 Å². The lowest BCUT2D eigenvalue weighted by Crippen LogP contribution is -2.57. The summed E-state index contributed by atoms with van der Waals surface area (Å²) in [5.74, 6) is 8.35. The molecule has 0 aliphatic heterocycles. The third-order valence-electron chi connectivity index (χ3n) is 10.8. The van der Waals surface area contributed by atoms with Crippen molar-refractivity contribution in [2.24, 2.45) is 46.3 Å². The van der Waals surface area contributed by atoms with Gasteiger partial charge in [0.2, 0.25) is 0 Å². The monoisotopic (exact) mass is 387 g/mol. The van der Waals surface area contributed by atoms with Crippen LogP contribution in [0.3, 0.4) is 0 Å². The van der Waals surface area contributed by atoms with E-state index >= 15 is 0 Å². The topological polar surface area (TPSA) is 0 Å². The van der Waals surface area contributed by atoms with Gasteiger partial charge in [-0.2, -0.15) is 0 Å². The molecule has 0 unspecified atom stereocenters. The maximum atomic E-state index is 2.63. The van der Waals surface area contributed by atoms with Crippen LogP contribution in [0, 0.1) is 66.1 Å². The number of hydrogen-bond acceptors (Lipinski definition) is 0. The predicted molar refractivity (Wildman–Crippen MR) is 119 cm³/mol. The van der Waals surface area contributed by atoms with Gasteiger partial charge in [-0.15, -0.1) is 0 Å². The highest BCUT2D eigenvalue weighted by molar-refractivity contribution is 5.48. The molecular formula is C29H39+. The van der Waals surface area contributed by atoms with Gasteiger partial charge in [-0.05, 0) is 132 Å². The van der Waals surface area contributed by atoms with Crippen LogP contribution >= 0.6 is 0 Å². The highest BCUT2D eigenvalue weighted by Gasteiger charge is 2.66. The Labute approximate surface area is 178 Å². The Kier molecular flexibility index (Phi) is 3.59. The normalized spacial score (nSPS) is 49.0. The minimum absolute atomic E-state index is 0.568. The van der Waals surface area contributed by atoms with Crippen molar-refractivity contribution < 1.29 is 0 Å². The first-order chi connectivity index (χ1) is 14.0. The zero-order chi connectivity index (χ0) is 19.4. The molecule has 8 fully saturated rings. The zero-order valence-corrected chi connectivity index (χ0v) is 18.7. The molecule has 29 heavy (non-hydrogen) atoms. The second kappa shape index (κ2) is 5.86. The minimum Gasteiger partial charge on any atom is -0.0474 e. The molecule has 0 aromatic heterocycles. The average Bonchev–Trinajstić information content (AvgIpc) is 2.62. The lowest BCUT2D eigenvalue weighted by molar-refractivity contribution is -0.0989. The average molecular weight is 388 g/mol. The van der Waals surface area contributed by atoms with Gasteiger partial charge in [0.25, 0.3) is 0 Å². The van der Waals surface area contributed by atoms with Crippen LogP contribution in [-0.4, -0.2) is 0 Å². The summed E-state index contributed by atoms with van der Waals surface area (Å²) in [5.41, 5.74) is 5.93. The van der Waals surface area contributed by atoms with Crippen molar-refractivity contribution in [3.8, 4) is 0 Å². The van der Waals surface area contributed by atoms with Crippen LogP contribution in [0.5, 0.6) is 0 Å². The molecule has 1 aromatic carbocycles. The molecule has 0 atom stereocenters. The third-order valence-corrected chi connectivity index (χ3v) is 10.8. The first kappa shape index (κ1) is 17.7. The molecule has 9 rings (SSSR count). The molecule has 0 nitrogen and oxygen atoms in total. The fourth-order valence-corrected chi connectivity index (χ4v) is 11.0. The molecule has 8 aliphatic rings. The molecular weight excluding hydrogens is 348 g/mol. The second-order valence-electron chi connectivity index (χ2n) is 13.1. The SMILES string of the molecule is Cc1ccc(C)c([C+](C23CC4CC(CC(C4)C2)C3)C23CC4CC(CC(C4)C2)C3)c1. The Hall–Kier alpha value is -0.910. The van der Waals surface area contributed by atoms with Gasteiger partial charge >= 0.3 is 0 Å². The summed E-state index contributed by atoms with van der Waals surface area (Å²) in [4.78, 5) is 0. The van der Waals surface area contributed by atoms with Crippen molar-refractivity contribution in [3.63, 3.8) is 0 Å². The van der Waals surface area contributed by atoms with E-state index in [0.29, 0.717) is 10.8 Å². The molecule has 8 bridgehead atoms. The van der Waals surface area contributed by atoms with Gasteiger partial charge in [-0.25, -0.2) is 0 Å². The Morgan fingerprint density at radius 2 is 1.00 bits per heavy atom. The van der Waals surface area contributed by atoms with Gasteiger partial charge in [0, 0.05) is 35.3 Å². The van der Waals surface area contributed by atoms with E-state index in [1.54, 1.807) is 88.2 Å². The van der Waals surface area contributed by atoms with E-state index in [2.05, 4.69) is 32.0 Å². The fraction of sp³-hybridized carbons (Fsp3) is 0.759. The molecule has 0 spiro atoms. The highest BCUT2D eigenvalue weighted by atomic mass is 14.7. The van der Waals surface area contributed by atoms with E-state index < -0.39 is 0 Å². The van der Waals surface area contributed by atoms with Crippen molar-refractivity contribution >= 4 is 0 Å². The molecule has 154 valence electrons. The maximum absolute atomic E-state index is 2.63. The molecule has 8 saturated carbocycles. The van der Waals surface area contributed by atoms with E-state index in [4.69, 9.17) is 0 Å². The van der Waals surface area contributed by atoms with Crippen molar-refractivity contribution in [2.45, 2.75) is 90.9 Å². The van der Waals surface area contributed by atoms with Gasteiger partial charge in [-0.3, -0.25) is 0 Å². The molecule has 0 heterocycles. The van der Waals surface area contributed by atoms with E-state index in [-0.39, 0.29) is 0 Å². The Bertz CT molecular complexity index is 714. The van der Waals surface area contributed by atoms with Crippen molar-refractivity contribution in [2.75, 3.05) is 0 Å². The van der Waals surface area contributed by atoms with Crippen LogP contribution in [0.1, 0.15) is 93.7 Å². The van der Waals surface area contributed by atoms with Gasteiger partial charge in [0.1, 0.15) is 5.56 Å². The van der Waals surface area contributed by atoms with Crippen LogP contribution < -0.4 is 0 Å². The first-order valence-corrected chi connectivity index (χ1v) is 13.0. The summed E-state index contributed by atoms with van der Waals surface area (Å²) in [6.07, 6.45) is 18.7. The third kappa shape index (κ3) is 2.53. The Morgan fingerprint density at radius 1 is 0.621 bits per heavy atom. The van der Waals surface area contributed by atoms with Crippen molar-refractivity contribution in [3.05, 3.63) is 40.8 Å². The van der Waals surface area contributed by atoms with E-state index in [0.717, 1.165) is 35.5 Å². The van der Waals surface area contributed by atoms with Crippen molar-refractivity contribution in [1.82, 2.24) is 0 Å². The summed E-state index contributed by atoms with van der Waals surface area (Å²) < 4.78 is 0. The Balaban J connectivity index is 1.40. The van der Waals surface area contributed by atoms with Gasteiger partial charge in [0.05, 0.1) is 5.56 Å². The summed E-state index contributed by atoms with van der Waals surface area (Å²) in [7, 11) is 0. The summed E-state index contributed by atoms with van der Waals surface area (Å²) in [6, 6.07) is 7.43. The minimum atomic E-state index is 0.568. The largest absolute Gasteiger partial charge is 0.136 e. The van der Waals surface area contributed by atoms with E-state index in [9.17, 15) is 0 Å². The number of hydrogen-bond donors (Lipinski definition) is 0. The lowest BCUT2D eigenvalue weighted by atomic mass is 9.37. The lowest BCUT2D eigenvalue weighted by Gasteiger charge is -2.64. The summed E-state index contributed by atoms with van der Waals surface area (Å²) in [6.45, 7) is 4.76. The summed E-state index contributed by atoms with van der Waals surface area (Å²) in [5, 5.41) is 0. The number of rotatable bonds is 3. The second-order valence-corrected chi connectivity index (χ2v) is 13.1. The first-order valence-electron chi connectivity index (χ1n) is 13.0. The van der Waals surface area contributed by atoms with Crippen molar-refractivity contribution in [1.29, 1.82) is 0 Å². The molecule has 0 saturated heterocycles. The molecule has 0 heteroatoms.